The molecular weight excluding hydrogens is 265 g/mol. The lowest BCUT2D eigenvalue weighted by Gasteiger charge is -2.20. The Hall–Kier alpha value is -1.88. The lowest BCUT2D eigenvalue weighted by molar-refractivity contribution is 0.479. The molecular formula is C15H15F3N2. The summed E-state index contributed by atoms with van der Waals surface area (Å²) in [5.41, 5.74) is 0.605. The first-order valence-corrected chi connectivity index (χ1v) is 6.41. The highest BCUT2D eigenvalue weighted by atomic mass is 19.2. The molecule has 0 saturated heterocycles. The van der Waals surface area contributed by atoms with Crippen molar-refractivity contribution in [3.63, 3.8) is 0 Å². The first-order chi connectivity index (χ1) is 9.63. The highest BCUT2D eigenvalue weighted by Gasteiger charge is 2.20. The molecule has 20 heavy (non-hydrogen) atoms. The van der Waals surface area contributed by atoms with Crippen molar-refractivity contribution >= 4 is 0 Å². The van der Waals surface area contributed by atoms with Gasteiger partial charge in [-0.3, -0.25) is 4.98 Å². The Morgan fingerprint density at radius 2 is 2.00 bits per heavy atom. The van der Waals surface area contributed by atoms with Crippen LogP contribution < -0.4 is 5.32 Å². The van der Waals surface area contributed by atoms with E-state index in [0.29, 0.717) is 12.1 Å². The van der Waals surface area contributed by atoms with Crippen LogP contribution in [0.5, 0.6) is 0 Å². The van der Waals surface area contributed by atoms with Crippen LogP contribution in [0.1, 0.15) is 30.5 Å². The molecule has 2 aromatic rings. The fourth-order valence-corrected chi connectivity index (χ4v) is 2.03. The molecule has 1 N–H and O–H groups in total. The van der Waals surface area contributed by atoms with Gasteiger partial charge < -0.3 is 5.32 Å². The van der Waals surface area contributed by atoms with Gasteiger partial charge in [0.05, 0.1) is 12.2 Å². The molecule has 2 rings (SSSR count). The number of hydrogen-bond donors (Lipinski definition) is 1. The van der Waals surface area contributed by atoms with Crippen molar-refractivity contribution in [2.24, 2.45) is 0 Å². The second-order valence-electron chi connectivity index (χ2n) is 4.47. The standard InChI is InChI=1S/C15H15F3N2/c1-2-6-20-15(10-7-11(16)9-19-8-10)12-4-3-5-13(17)14(12)18/h3-5,7-9,15,20H,2,6H2,1H3. The minimum atomic E-state index is -0.926. The van der Waals surface area contributed by atoms with E-state index in [1.54, 1.807) is 0 Å². The molecule has 1 heterocycles. The maximum Gasteiger partial charge on any atom is 0.163 e. The molecule has 0 aliphatic rings. The molecule has 0 spiro atoms. The third kappa shape index (κ3) is 3.17. The number of rotatable bonds is 5. The zero-order valence-electron chi connectivity index (χ0n) is 11.0. The van der Waals surface area contributed by atoms with E-state index >= 15 is 0 Å². The van der Waals surface area contributed by atoms with E-state index in [1.807, 2.05) is 6.92 Å². The Morgan fingerprint density at radius 1 is 1.20 bits per heavy atom. The molecule has 0 saturated carbocycles. The van der Waals surface area contributed by atoms with Crippen LogP contribution in [0.3, 0.4) is 0 Å². The number of nitrogens with one attached hydrogen (secondary N) is 1. The Bertz CT molecular complexity index is 587. The van der Waals surface area contributed by atoms with Gasteiger partial charge in [-0.25, -0.2) is 13.2 Å². The van der Waals surface area contributed by atoms with Crippen LogP contribution in [0.2, 0.25) is 0 Å². The first kappa shape index (κ1) is 14.5. The van der Waals surface area contributed by atoms with E-state index in [0.717, 1.165) is 18.7 Å². The monoisotopic (exact) mass is 280 g/mol. The van der Waals surface area contributed by atoms with Gasteiger partial charge in [-0.15, -0.1) is 0 Å². The van der Waals surface area contributed by atoms with Crippen molar-refractivity contribution in [3.8, 4) is 0 Å². The predicted molar refractivity (Wildman–Crippen MR) is 70.7 cm³/mol. The molecule has 0 amide bonds. The molecule has 0 aliphatic carbocycles. The molecule has 1 atom stereocenters. The number of benzene rings is 1. The molecule has 1 unspecified atom stereocenters. The van der Waals surface area contributed by atoms with E-state index < -0.39 is 23.5 Å². The minimum absolute atomic E-state index is 0.144. The van der Waals surface area contributed by atoms with Crippen molar-refractivity contribution < 1.29 is 13.2 Å². The summed E-state index contributed by atoms with van der Waals surface area (Å²) in [6, 6.07) is 4.61. The summed E-state index contributed by atoms with van der Waals surface area (Å²) >= 11 is 0. The topological polar surface area (TPSA) is 24.9 Å². The van der Waals surface area contributed by atoms with Crippen LogP contribution in [0, 0.1) is 17.5 Å². The lowest BCUT2D eigenvalue weighted by atomic mass is 9.99. The normalized spacial score (nSPS) is 12.4. The second kappa shape index (κ2) is 6.52. The van der Waals surface area contributed by atoms with E-state index in [2.05, 4.69) is 10.3 Å². The van der Waals surface area contributed by atoms with Crippen LogP contribution in [0.4, 0.5) is 13.2 Å². The lowest BCUT2D eigenvalue weighted by Crippen LogP contribution is -2.24. The van der Waals surface area contributed by atoms with Gasteiger partial charge in [0.15, 0.2) is 11.6 Å². The van der Waals surface area contributed by atoms with Crippen molar-refractivity contribution in [3.05, 3.63) is 65.2 Å². The summed E-state index contributed by atoms with van der Waals surface area (Å²) < 4.78 is 40.6. The average molecular weight is 280 g/mol. The van der Waals surface area contributed by atoms with Gasteiger partial charge >= 0.3 is 0 Å². The van der Waals surface area contributed by atoms with Crippen LogP contribution >= 0.6 is 0 Å². The smallest absolute Gasteiger partial charge is 0.163 e. The number of pyridine rings is 1. The van der Waals surface area contributed by atoms with E-state index in [4.69, 9.17) is 0 Å². The van der Waals surface area contributed by atoms with Crippen molar-refractivity contribution in [2.75, 3.05) is 6.54 Å². The van der Waals surface area contributed by atoms with E-state index in [9.17, 15) is 13.2 Å². The SMILES string of the molecule is CCCNC(c1cncc(F)c1)c1cccc(F)c1F. The average Bonchev–Trinajstić information content (AvgIpc) is 2.44. The van der Waals surface area contributed by atoms with Gasteiger partial charge in [-0.05, 0) is 30.7 Å². The molecule has 1 aromatic heterocycles. The maximum absolute atomic E-state index is 13.9. The van der Waals surface area contributed by atoms with Gasteiger partial charge in [-0.1, -0.05) is 19.1 Å². The minimum Gasteiger partial charge on any atom is -0.306 e. The van der Waals surface area contributed by atoms with Crippen LogP contribution in [-0.4, -0.2) is 11.5 Å². The van der Waals surface area contributed by atoms with Crippen LogP contribution in [-0.2, 0) is 0 Å². The summed E-state index contributed by atoms with van der Waals surface area (Å²) in [5, 5.41) is 3.08. The third-order valence-electron chi connectivity index (χ3n) is 2.95. The quantitative estimate of drug-likeness (QED) is 0.905. The van der Waals surface area contributed by atoms with Crippen LogP contribution in [0.25, 0.3) is 0 Å². The summed E-state index contributed by atoms with van der Waals surface area (Å²) in [6.07, 6.45) is 3.33. The van der Waals surface area contributed by atoms with Gasteiger partial charge in [0.1, 0.15) is 5.82 Å². The molecule has 2 nitrogen and oxygen atoms in total. The Balaban J connectivity index is 2.44. The van der Waals surface area contributed by atoms with Crippen LogP contribution in [0.15, 0.2) is 36.7 Å². The summed E-state index contributed by atoms with van der Waals surface area (Å²) in [7, 11) is 0. The van der Waals surface area contributed by atoms with Gasteiger partial charge in [0.25, 0.3) is 0 Å². The fourth-order valence-electron chi connectivity index (χ4n) is 2.03. The Kier molecular flexibility index (Phi) is 4.74. The fraction of sp³-hybridized carbons (Fsp3) is 0.267. The molecule has 0 aliphatic heterocycles. The van der Waals surface area contributed by atoms with E-state index in [1.165, 1.54) is 24.4 Å². The molecule has 0 radical (unpaired) electrons. The molecule has 5 heteroatoms. The van der Waals surface area contributed by atoms with Crippen molar-refractivity contribution in [1.82, 2.24) is 10.3 Å². The number of halogens is 3. The summed E-state index contributed by atoms with van der Waals surface area (Å²) in [5.74, 6) is -2.36. The van der Waals surface area contributed by atoms with Gasteiger partial charge in [0, 0.05) is 11.8 Å². The molecule has 0 bridgehead atoms. The maximum atomic E-state index is 13.9. The number of aromatic nitrogens is 1. The Morgan fingerprint density at radius 3 is 2.70 bits per heavy atom. The summed E-state index contributed by atoms with van der Waals surface area (Å²) in [4.78, 5) is 3.76. The predicted octanol–water partition coefficient (Wildman–Crippen LogP) is 3.59. The Labute approximate surface area is 115 Å². The zero-order chi connectivity index (χ0) is 14.5. The van der Waals surface area contributed by atoms with E-state index in [-0.39, 0.29) is 5.56 Å². The molecule has 106 valence electrons. The molecule has 0 fully saturated rings. The summed E-state index contributed by atoms with van der Waals surface area (Å²) in [6.45, 7) is 2.55. The number of nitrogens with zero attached hydrogens (tertiary/aromatic N) is 1. The van der Waals surface area contributed by atoms with Gasteiger partial charge in [-0.2, -0.15) is 0 Å². The number of hydrogen-bond acceptors (Lipinski definition) is 2. The van der Waals surface area contributed by atoms with Crippen molar-refractivity contribution in [2.45, 2.75) is 19.4 Å². The van der Waals surface area contributed by atoms with Gasteiger partial charge in [0.2, 0.25) is 0 Å². The van der Waals surface area contributed by atoms with Crippen molar-refractivity contribution in [1.29, 1.82) is 0 Å². The molecule has 1 aromatic carbocycles. The zero-order valence-corrected chi connectivity index (χ0v) is 11.0. The highest BCUT2D eigenvalue weighted by molar-refractivity contribution is 5.32. The third-order valence-corrected chi connectivity index (χ3v) is 2.95. The highest BCUT2D eigenvalue weighted by Crippen LogP contribution is 2.25. The first-order valence-electron chi connectivity index (χ1n) is 6.41. The largest absolute Gasteiger partial charge is 0.306 e. The second-order valence-corrected chi connectivity index (χ2v) is 4.47.